The second-order valence-corrected chi connectivity index (χ2v) is 6.47. The quantitative estimate of drug-likeness (QED) is 0.739. The van der Waals surface area contributed by atoms with Crippen LogP contribution in [0, 0.1) is 0 Å². The first-order valence-corrected chi connectivity index (χ1v) is 8.31. The first kappa shape index (κ1) is 18.2. The summed E-state index contributed by atoms with van der Waals surface area (Å²) in [4.78, 5) is 24.6. The van der Waals surface area contributed by atoms with Crippen molar-refractivity contribution in [2.45, 2.75) is 6.54 Å². The number of rotatable bonds is 6. The fourth-order valence-electron chi connectivity index (χ4n) is 2.30. The van der Waals surface area contributed by atoms with Crippen LogP contribution in [0.25, 0.3) is 0 Å². The highest BCUT2D eigenvalue weighted by atomic mass is 79.9. The average molecular weight is 392 g/mol. The summed E-state index contributed by atoms with van der Waals surface area (Å²) in [6.45, 7) is 1.12. The Balaban J connectivity index is 1.85. The van der Waals surface area contributed by atoms with Gasteiger partial charge in [-0.05, 0) is 36.4 Å². The molecule has 0 saturated carbocycles. The van der Waals surface area contributed by atoms with Crippen LogP contribution in [0.5, 0.6) is 0 Å². The maximum atomic E-state index is 12.1. The Morgan fingerprint density at radius 2 is 1.71 bits per heavy atom. The van der Waals surface area contributed by atoms with Crippen LogP contribution >= 0.6 is 15.9 Å². The first-order valence-electron chi connectivity index (χ1n) is 7.52. The molecule has 2 aromatic carbocycles. The summed E-state index contributed by atoms with van der Waals surface area (Å²) < 4.78 is 5.68. The zero-order valence-electron chi connectivity index (χ0n) is 13.6. The number of halogens is 1. The molecule has 126 valence electrons. The fourth-order valence-corrected chi connectivity index (χ4v) is 2.56. The van der Waals surface area contributed by atoms with Gasteiger partial charge in [0, 0.05) is 15.7 Å². The van der Waals surface area contributed by atoms with Crippen molar-refractivity contribution in [3.8, 4) is 0 Å². The van der Waals surface area contributed by atoms with E-state index in [0.29, 0.717) is 17.8 Å². The van der Waals surface area contributed by atoms with E-state index in [1.165, 1.54) is 12.7 Å². The Bertz CT molecular complexity index is 699. The molecule has 0 aliphatic heterocycles. The number of anilines is 1. The average Bonchev–Trinajstić information content (AvgIpc) is 2.56. The molecule has 5 nitrogen and oxygen atoms in total. The smallest absolute Gasteiger partial charge is 0.337 e. The van der Waals surface area contributed by atoms with E-state index >= 15 is 0 Å². The second kappa shape index (κ2) is 8.61. The molecule has 1 amide bonds. The number of esters is 1. The van der Waals surface area contributed by atoms with Crippen LogP contribution in [-0.4, -0.2) is 32.6 Å². The lowest BCUT2D eigenvalue weighted by molar-refractivity contribution is -0.885. The standard InChI is InChI=1S/C18H19BrN2O3/c1-21(11-13-3-7-15(19)8-4-13)12-17(22)20-16-9-5-14(6-10-16)18(23)24-2/h3-10H,11-12H2,1-2H3,(H,20,22)/p+1. The highest BCUT2D eigenvalue weighted by Crippen LogP contribution is 2.10. The van der Waals surface area contributed by atoms with Crippen molar-refractivity contribution in [1.29, 1.82) is 0 Å². The highest BCUT2D eigenvalue weighted by molar-refractivity contribution is 9.10. The molecular weight excluding hydrogens is 372 g/mol. The van der Waals surface area contributed by atoms with E-state index in [2.05, 4.69) is 26.0 Å². The van der Waals surface area contributed by atoms with Crippen molar-refractivity contribution in [3.05, 3.63) is 64.1 Å². The van der Waals surface area contributed by atoms with Crippen molar-refractivity contribution >= 4 is 33.5 Å². The van der Waals surface area contributed by atoms with Crippen LogP contribution in [0.1, 0.15) is 15.9 Å². The molecule has 0 aromatic heterocycles. The first-order chi connectivity index (χ1) is 11.5. The molecule has 0 spiro atoms. The minimum Gasteiger partial charge on any atom is -0.465 e. The summed E-state index contributed by atoms with van der Waals surface area (Å²) >= 11 is 3.41. The Morgan fingerprint density at radius 1 is 1.08 bits per heavy atom. The topological polar surface area (TPSA) is 59.8 Å². The van der Waals surface area contributed by atoms with Crippen molar-refractivity contribution in [2.24, 2.45) is 0 Å². The number of amides is 1. The maximum absolute atomic E-state index is 12.1. The van der Waals surface area contributed by atoms with Crippen LogP contribution < -0.4 is 10.2 Å². The van der Waals surface area contributed by atoms with Gasteiger partial charge in [0.2, 0.25) is 0 Å². The molecule has 0 aliphatic rings. The van der Waals surface area contributed by atoms with Gasteiger partial charge in [-0.1, -0.05) is 28.1 Å². The predicted octanol–water partition coefficient (Wildman–Crippen LogP) is 1.89. The van der Waals surface area contributed by atoms with E-state index in [0.717, 1.165) is 15.9 Å². The van der Waals surface area contributed by atoms with Gasteiger partial charge < -0.3 is 15.0 Å². The van der Waals surface area contributed by atoms with Crippen LogP contribution in [0.3, 0.4) is 0 Å². The van der Waals surface area contributed by atoms with Crippen LogP contribution in [0.15, 0.2) is 53.0 Å². The van der Waals surface area contributed by atoms with Gasteiger partial charge in [-0.25, -0.2) is 4.79 Å². The number of methoxy groups -OCH3 is 1. The molecule has 6 heteroatoms. The van der Waals surface area contributed by atoms with E-state index < -0.39 is 5.97 Å². The van der Waals surface area contributed by atoms with Gasteiger partial charge >= 0.3 is 5.97 Å². The number of quaternary nitrogens is 1. The predicted molar refractivity (Wildman–Crippen MR) is 96.0 cm³/mol. The molecular formula is C18H20BrN2O3+. The van der Waals surface area contributed by atoms with E-state index in [9.17, 15) is 9.59 Å². The van der Waals surface area contributed by atoms with Crippen LogP contribution in [-0.2, 0) is 16.1 Å². The highest BCUT2D eigenvalue weighted by Gasteiger charge is 2.11. The van der Waals surface area contributed by atoms with E-state index in [1.807, 2.05) is 31.3 Å². The van der Waals surface area contributed by atoms with Gasteiger partial charge in [0.05, 0.1) is 19.7 Å². The number of likely N-dealkylation sites (N-methyl/N-ethyl adjacent to an activating group) is 1. The zero-order chi connectivity index (χ0) is 17.5. The van der Waals surface area contributed by atoms with Crippen LogP contribution in [0.4, 0.5) is 5.69 Å². The monoisotopic (exact) mass is 391 g/mol. The zero-order valence-corrected chi connectivity index (χ0v) is 15.2. The van der Waals surface area contributed by atoms with Crippen LogP contribution in [0.2, 0.25) is 0 Å². The SMILES string of the molecule is COC(=O)c1ccc(NC(=O)C[NH+](C)Cc2ccc(Br)cc2)cc1. The molecule has 0 radical (unpaired) electrons. The van der Waals surface area contributed by atoms with Crippen molar-refractivity contribution in [1.82, 2.24) is 0 Å². The number of nitrogens with one attached hydrogen (secondary N) is 2. The Hall–Kier alpha value is -2.18. The molecule has 0 bridgehead atoms. The number of benzene rings is 2. The maximum Gasteiger partial charge on any atom is 0.337 e. The summed E-state index contributed by atoms with van der Waals surface area (Å²) in [5.74, 6) is -0.470. The largest absolute Gasteiger partial charge is 0.465 e. The molecule has 0 fully saturated rings. The summed E-state index contributed by atoms with van der Waals surface area (Å²) in [5, 5.41) is 2.83. The lowest BCUT2D eigenvalue weighted by atomic mass is 10.2. The molecule has 2 N–H and O–H groups in total. The minimum absolute atomic E-state index is 0.0737. The van der Waals surface area contributed by atoms with Gasteiger partial charge in [-0.15, -0.1) is 0 Å². The number of carbonyl (C=O) groups is 2. The molecule has 24 heavy (non-hydrogen) atoms. The van der Waals surface area contributed by atoms with Gasteiger partial charge in [0.1, 0.15) is 6.54 Å². The van der Waals surface area contributed by atoms with Gasteiger partial charge in [0.15, 0.2) is 6.54 Å². The summed E-state index contributed by atoms with van der Waals surface area (Å²) in [6, 6.07) is 14.7. The summed E-state index contributed by atoms with van der Waals surface area (Å²) in [5.41, 5.74) is 2.28. The van der Waals surface area contributed by atoms with Crippen molar-refractivity contribution < 1.29 is 19.2 Å². The van der Waals surface area contributed by atoms with Gasteiger partial charge in [0.25, 0.3) is 5.91 Å². The molecule has 2 rings (SSSR count). The number of ether oxygens (including phenoxy) is 1. The Kier molecular flexibility index (Phi) is 6.52. The molecule has 2 aromatic rings. The normalized spacial score (nSPS) is 11.6. The second-order valence-electron chi connectivity index (χ2n) is 5.55. The molecule has 1 atom stereocenters. The molecule has 0 heterocycles. The third kappa shape index (κ3) is 5.47. The summed E-state index contributed by atoms with van der Waals surface area (Å²) in [6.07, 6.45) is 0. The lowest BCUT2D eigenvalue weighted by Crippen LogP contribution is -3.08. The summed E-state index contributed by atoms with van der Waals surface area (Å²) in [7, 11) is 3.31. The lowest BCUT2D eigenvalue weighted by Gasteiger charge is -2.14. The van der Waals surface area contributed by atoms with Gasteiger partial charge in [-0.2, -0.15) is 0 Å². The van der Waals surface area contributed by atoms with Crippen molar-refractivity contribution in [3.63, 3.8) is 0 Å². The molecule has 0 aliphatic carbocycles. The van der Waals surface area contributed by atoms with E-state index in [-0.39, 0.29) is 5.91 Å². The van der Waals surface area contributed by atoms with Gasteiger partial charge in [-0.3, -0.25) is 4.79 Å². The molecule has 1 unspecified atom stereocenters. The number of carbonyl (C=O) groups excluding carboxylic acids is 2. The third-order valence-electron chi connectivity index (χ3n) is 3.47. The van der Waals surface area contributed by atoms with Crippen molar-refractivity contribution in [2.75, 3.05) is 26.0 Å². The fraction of sp³-hybridized carbons (Fsp3) is 0.222. The number of hydrogen-bond acceptors (Lipinski definition) is 3. The molecule has 0 saturated heterocycles. The number of hydrogen-bond donors (Lipinski definition) is 2. The third-order valence-corrected chi connectivity index (χ3v) is 4.00. The van der Waals surface area contributed by atoms with E-state index in [4.69, 9.17) is 0 Å². The van der Waals surface area contributed by atoms with E-state index in [1.54, 1.807) is 24.3 Å². The minimum atomic E-state index is -0.397. The Morgan fingerprint density at radius 3 is 2.29 bits per heavy atom. The Labute approximate surface area is 149 Å².